The zero-order valence-corrected chi connectivity index (χ0v) is 25.7. The normalized spacial score (nSPS) is 11.3. The molecule has 0 aliphatic heterocycles. The molecule has 0 aliphatic rings. The molecule has 0 aromatic rings. The van der Waals surface area contributed by atoms with Crippen molar-refractivity contribution in [1.82, 2.24) is 0 Å². The number of unbranched alkanes of at least 4 members (excludes halogenated alkanes) is 16. The molecular formula is C31H58O4P2. The summed E-state index contributed by atoms with van der Waals surface area (Å²) in [5, 5.41) is 0. The Bertz CT molecular complexity index is 431. The lowest BCUT2D eigenvalue weighted by atomic mass is 10.2. The van der Waals surface area contributed by atoms with Crippen molar-refractivity contribution in [3.05, 3.63) is 0 Å². The van der Waals surface area contributed by atoms with Gasteiger partial charge in [-0.05, 0) is 94.8 Å². The molecule has 0 rings (SSSR count). The molecule has 0 bridgehead atoms. The van der Waals surface area contributed by atoms with E-state index >= 15 is 0 Å². The van der Waals surface area contributed by atoms with Gasteiger partial charge in [0.1, 0.15) is 25.1 Å². The van der Waals surface area contributed by atoms with E-state index in [4.69, 9.17) is 0 Å². The van der Waals surface area contributed by atoms with Gasteiger partial charge in [0.25, 0.3) is 0 Å². The van der Waals surface area contributed by atoms with Crippen molar-refractivity contribution in [1.29, 1.82) is 0 Å². The van der Waals surface area contributed by atoms with Gasteiger partial charge in [-0.3, -0.25) is 0 Å². The van der Waals surface area contributed by atoms with Crippen LogP contribution in [0, 0.1) is 0 Å². The van der Waals surface area contributed by atoms with Crippen LogP contribution in [0.5, 0.6) is 0 Å². The molecule has 0 atom stereocenters. The summed E-state index contributed by atoms with van der Waals surface area (Å²) in [6, 6.07) is 0. The number of aldehydes is 4. The summed E-state index contributed by atoms with van der Waals surface area (Å²) in [6.07, 6.45) is 36.2. The minimum absolute atomic E-state index is 0.119. The summed E-state index contributed by atoms with van der Waals surface area (Å²) >= 11 is 0. The fourth-order valence-corrected chi connectivity index (χ4v) is 10.3. The topological polar surface area (TPSA) is 68.3 Å². The van der Waals surface area contributed by atoms with Crippen LogP contribution in [-0.2, 0) is 19.2 Å². The van der Waals surface area contributed by atoms with Gasteiger partial charge >= 0.3 is 0 Å². The number of hydrogen-bond donors (Lipinski definition) is 0. The summed E-state index contributed by atoms with van der Waals surface area (Å²) in [5.74, 6) is 0. The van der Waals surface area contributed by atoms with Gasteiger partial charge in [0.15, 0.2) is 0 Å². The molecule has 0 aromatic heterocycles. The van der Waals surface area contributed by atoms with Gasteiger partial charge in [-0.2, -0.15) is 0 Å². The lowest BCUT2D eigenvalue weighted by molar-refractivity contribution is -0.108. The first-order chi connectivity index (χ1) is 18.3. The van der Waals surface area contributed by atoms with Crippen LogP contribution < -0.4 is 0 Å². The largest absolute Gasteiger partial charge is 0.303 e. The van der Waals surface area contributed by atoms with E-state index in [1.807, 2.05) is 0 Å². The maximum absolute atomic E-state index is 10.5. The first kappa shape index (κ1) is 36.5. The molecule has 0 aromatic carbocycles. The minimum atomic E-state index is 0.119. The molecule has 0 amide bonds. The number of hydrogen-bond acceptors (Lipinski definition) is 4. The van der Waals surface area contributed by atoms with Crippen LogP contribution in [0.3, 0.4) is 0 Å². The second kappa shape index (κ2) is 31.8. The standard InChI is InChI=1S/C31H58O4P2/c32-22-13-5-1-9-17-26-36(27-18-10-2-6-14-23-33)30-21-31-37(28-19-11-3-7-15-24-34)29-20-12-4-8-16-25-35/h22-25H,1-21,26-31H2. The highest BCUT2D eigenvalue weighted by atomic mass is 31.1. The third-order valence-corrected chi connectivity index (χ3v) is 12.8. The Hall–Kier alpha value is -0.460. The van der Waals surface area contributed by atoms with Crippen molar-refractivity contribution in [3.8, 4) is 0 Å². The maximum Gasteiger partial charge on any atom is 0.119 e. The van der Waals surface area contributed by atoms with E-state index in [-0.39, 0.29) is 15.8 Å². The molecule has 0 spiro atoms. The van der Waals surface area contributed by atoms with Crippen molar-refractivity contribution in [3.63, 3.8) is 0 Å². The van der Waals surface area contributed by atoms with E-state index in [9.17, 15) is 19.2 Å². The van der Waals surface area contributed by atoms with Crippen LogP contribution >= 0.6 is 15.8 Å². The molecule has 216 valence electrons. The number of carbonyl (C=O) groups is 4. The molecule has 0 unspecified atom stereocenters. The molecule has 0 saturated heterocycles. The van der Waals surface area contributed by atoms with E-state index in [2.05, 4.69) is 0 Å². The highest BCUT2D eigenvalue weighted by Gasteiger charge is 2.12. The van der Waals surface area contributed by atoms with Crippen LogP contribution in [0.2, 0.25) is 0 Å². The van der Waals surface area contributed by atoms with E-state index in [1.165, 1.54) is 120 Å². The Kier molecular flexibility index (Phi) is 31.4. The lowest BCUT2D eigenvalue weighted by Crippen LogP contribution is -2.02. The fourth-order valence-electron chi connectivity index (χ4n) is 4.86. The summed E-state index contributed by atoms with van der Waals surface area (Å²) in [6.45, 7) is 0. The first-order valence-electron chi connectivity index (χ1n) is 15.5. The van der Waals surface area contributed by atoms with Crippen LogP contribution in [0.1, 0.15) is 135 Å². The zero-order valence-electron chi connectivity index (χ0n) is 23.9. The smallest absolute Gasteiger partial charge is 0.119 e. The Morgan fingerprint density at radius 2 is 0.486 bits per heavy atom. The average Bonchev–Trinajstić information content (AvgIpc) is 2.91. The van der Waals surface area contributed by atoms with E-state index in [1.54, 1.807) is 0 Å². The number of carbonyl (C=O) groups excluding carboxylic acids is 4. The summed E-state index contributed by atoms with van der Waals surface area (Å²) < 4.78 is 0. The first-order valence-corrected chi connectivity index (χ1v) is 19.3. The summed E-state index contributed by atoms with van der Waals surface area (Å²) in [4.78, 5) is 42.2. The highest BCUT2D eigenvalue weighted by Crippen LogP contribution is 2.43. The second-order valence-corrected chi connectivity index (χ2v) is 15.9. The van der Waals surface area contributed by atoms with Gasteiger partial charge in [0.2, 0.25) is 0 Å². The Balaban J connectivity index is 4.47. The van der Waals surface area contributed by atoms with E-state index in [0.29, 0.717) is 25.7 Å². The predicted octanol–water partition coefficient (Wildman–Crippen LogP) is 8.94. The van der Waals surface area contributed by atoms with Crippen LogP contribution in [0.4, 0.5) is 0 Å². The molecule has 0 saturated carbocycles. The van der Waals surface area contributed by atoms with Gasteiger partial charge in [-0.15, -0.1) is 15.8 Å². The molecule has 0 heterocycles. The highest BCUT2D eigenvalue weighted by molar-refractivity contribution is 7.58. The summed E-state index contributed by atoms with van der Waals surface area (Å²) in [5.41, 5.74) is 0. The molecule has 0 radical (unpaired) electrons. The Labute approximate surface area is 231 Å². The average molecular weight is 557 g/mol. The summed E-state index contributed by atoms with van der Waals surface area (Å²) in [7, 11) is 0.238. The lowest BCUT2D eigenvalue weighted by Gasteiger charge is -2.21. The molecule has 37 heavy (non-hydrogen) atoms. The molecule has 0 fully saturated rings. The van der Waals surface area contributed by atoms with Crippen LogP contribution in [-0.4, -0.2) is 62.1 Å². The Morgan fingerprint density at radius 1 is 0.270 bits per heavy atom. The van der Waals surface area contributed by atoms with Crippen molar-refractivity contribution in [2.24, 2.45) is 0 Å². The van der Waals surface area contributed by atoms with Crippen molar-refractivity contribution < 1.29 is 19.2 Å². The molecule has 4 nitrogen and oxygen atoms in total. The van der Waals surface area contributed by atoms with Crippen molar-refractivity contribution >= 4 is 41.0 Å². The molecule has 6 heteroatoms. The van der Waals surface area contributed by atoms with Crippen LogP contribution in [0.15, 0.2) is 0 Å². The van der Waals surface area contributed by atoms with Gasteiger partial charge in [-0.1, -0.05) is 51.4 Å². The third kappa shape index (κ3) is 28.4. The number of rotatable bonds is 32. The maximum atomic E-state index is 10.5. The van der Waals surface area contributed by atoms with Crippen molar-refractivity contribution in [2.75, 3.05) is 37.0 Å². The van der Waals surface area contributed by atoms with Crippen LogP contribution in [0.25, 0.3) is 0 Å². The van der Waals surface area contributed by atoms with Gasteiger partial charge < -0.3 is 19.2 Å². The van der Waals surface area contributed by atoms with Gasteiger partial charge in [0.05, 0.1) is 0 Å². The molecular weight excluding hydrogens is 498 g/mol. The monoisotopic (exact) mass is 556 g/mol. The van der Waals surface area contributed by atoms with Gasteiger partial charge in [0, 0.05) is 25.7 Å². The fraction of sp³-hybridized carbons (Fsp3) is 0.871. The predicted molar refractivity (Wildman–Crippen MR) is 164 cm³/mol. The third-order valence-electron chi connectivity index (χ3n) is 7.13. The zero-order chi connectivity index (χ0) is 27.1. The second-order valence-electron chi connectivity index (χ2n) is 10.5. The van der Waals surface area contributed by atoms with E-state index in [0.717, 1.165) is 50.8 Å². The Morgan fingerprint density at radius 3 is 0.730 bits per heavy atom. The quantitative estimate of drug-likeness (QED) is 0.0471. The molecule has 0 aliphatic carbocycles. The molecule has 0 N–H and O–H groups in total. The van der Waals surface area contributed by atoms with Crippen molar-refractivity contribution in [2.45, 2.75) is 135 Å². The van der Waals surface area contributed by atoms with Gasteiger partial charge in [-0.25, -0.2) is 0 Å². The van der Waals surface area contributed by atoms with E-state index < -0.39 is 0 Å². The minimum Gasteiger partial charge on any atom is -0.303 e. The SMILES string of the molecule is O=CCCCCCCP(CCCCCCC=O)CCCP(CCCCCCC=O)CCCCCCC=O.